The van der Waals surface area contributed by atoms with Gasteiger partial charge in [-0.15, -0.1) is 0 Å². The van der Waals surface area contributed by atoms with Crippen LogP contribution in [0.15, 0.2) is 47.3 Å². The number of ether oxygens (including phenoxy) is 1. The van der Waals surface area contributed by atoms with Crippen LogP contribution in [0.5, 0.6) is 0 Å². The Morgan fingerprint density at radius 3 is 2.62 bits per heavy atom. The Balaban J connectivity index is 2.18. The van der Waals surface area contributed by atoms with Gasteiger partial charge in [0.1, 0.15) is 11.4 Å². The number of hydrogen-bond donors (Lipinski definition) is 0. The van der Waals surface area contributed by atoms with E-state index in [1.54, 1.807) is 13.0 Å². The van der Waals surface area contributed by atoms with Crippen molar-refractivity contribution in [3.63, 3.8) is 0 Å². The van der Waals surface area contributed by atoms with Crippen molar-refractivity contribution in [2.75, 3.05) is 0 Å². The van der Waals surface area contributed by atoms with Gasteiger partial charge in [-0.2, -0.15) is 0 Å². The van der Waals surface area contributed by atoms with Crippen LogP contribution in [-0.2, 0) is 9.53 Å². The third-order valence-corrected chi connectivity index (χ3v) is 5.90. The minimum Gasteiger partial charge on any atom is -0.545 e. The van der Waals surface area contributed by atoms with E-state index in [1.165, 1.54) is 6.42 Å². The highest BCUT2D eigenvalue weighted by Gasteiger charge is 2.53. The van der Waals surface area contributed by atoms with Gasteiger partial charge in [-0.1, -0.05) is 39.0 Å². The molecule has 1 heterocycles. The first-order valence-corrected chi connectivity index (χ1v) is 8.72. The van der Waals surface area contributed by atoms with Crippen LogP contribution in [-0.4, -0.2) is 11.6 Å². The van der Waals surface area contributed by atoms with Crippen molar-refractivity contribution in [1.82, 2.24) is 0 Å². The number of fused-ring (bicyclic) bond motifs is 1. The highest BCUT2D eigenvalue weighted by molar-refractivity contribution is 5.79. The second kappa shape index (κ2) is 6.62. The van der Waals surface area contributed by atoms with Gasteiger partial charge in [0.25, 0.3) is 0 Å². The highest BCUT2D eigenvalue weighted by Crippen LogP contribution is 2.55. The average molecular weight is 329 g/mol. The largest absolute Gasteiger partial charge is 0.545 e. The van der Waals surface area contributed by atoms with Gasteiger partial charge in [0, 0.05) is 5.92 Å². The topological polar surface area (TPSA) is 49.4 Å². The summed E-state index contributed by atoms with van der Waals surface area (Å²) < 4.78 is 6.36. The SMILES string of the molecule is CC(/C=C/C=C(\C)C1=CC2C(C)(CCC(C)C2(C)C)O1)=C\C(=O)[O-]. The zero-order chi connectivity index (χ0) is 18.1. The van der Waals surface area contributed by atoms with E-state index < -0.39 is 5.97 Å². The maximum atomic E-state index is 10.5. The van der Waals surface area contributed by atoms with Crippen LogP contribution in [0.4, 0.5) is 0 Å². The van der Waals surface area contributed by atoms with Crippen LogP contribution in [0.1, 0.15) is 54.4 Å². The molecule has 0 bridgehead atoms. The summed E-state index contributed by atoms with van der Waals surface area (Å²) in [4.78, 5) is 10.5. The Kier molecular flexibility index (Phi) is 5.12. The maximum Gasteiger partial charge on any atom is 0.119 e. The zero-order valence-corrected chi connectivity index (χ0v) is 15.7. The first-order valence-electron chi connectivity index (χ1n) is 8.72. The molecule has 3 heteroatoms. The smallest absolute Gasteiger partial charge is 0.119 e. The fourth-order valence-corrected chi connectivity index (χ4v) is 3.94. The van der Waals surface area contributed by atoms with Crippen molar-refractivity contribution in [1.29, 1.82) is 0 Å². The molecular formula is C21H29O3-. The molecule has 1 saturated carbocycles. The molecule has 0 spiro atoms. The normalized spacial score (nSPS) is 33.2. The molecular weight excluding hydrogens is 300 g/mol. The van der Waals surface area contributed by atoms with Crippen molar-refractivity contribution in [2.45, 2.75) is 60.0 Å². The number of hydrogen-bond acceptors (Lipinski definition) is 3. The number of carbonyl (C=O) groups is 1. The van der Waals surface area contributed by atoms with Crippen LogP contribution in [0.25, 0.3) is 0 Å². The molecule has 1 aliphatic heterocycles. The number of aliphatic carboxylic acids is 1. The maximum absolute atomic E-state index is 10.5. The molecule has 0 N–H and O–H groups in total. The number of rotatable bonds is 4. The Morgan fingerprint density at radius 1 is 1.33 bits per heavy atom. The minimum absolute atomic E-state index is 0.116. The summed E-state index contributed by atoms with van der Waals surface area (Å²) in [6.45, 7) is 13.0. The fraction of sp³-hybridized carbons (Fsp3) is 0.571. The van der Waals surface area contributed by atoms with Gasteiger partial charge < -0.3 is 14.6 Å². The van der Waals surface area contributed by atoms with E-state index in [-0.39, 0.29) is 11.0 Å². The summed E-state index contributed by atoms with van der Waals surface area (Å²) in [6.07, 6.45) is 11.2. The van der Waals surface area contributed by atoms with Crippen molar-refractivity contribution < 1.29 is 14.6 Å². The van der Waals surface area contributed by atoms with E-state index in [0.717, 1.165) is 23.8 Å². The first-order chi connectivity index (χ1) is 11.1. The number of carboxylic acid groups (broad SMARTS) is 1. The Bertz CT molecular complexity index is 633. The van der Waals surface area contributed by atoms with E-state index in [9.17, 15) is 9.90 Å². The van der Waals surface area contributed by atoms with Crippen LogP contribution in [0.2, 0.25) is 0 Å². The number of carbonyl (C=O) groups excluding carboxylic acids is 1. The summed E-state index contributed by atoms with van der Waals surface area (Å²) >= 11 is 0. The van der Waals surface area contributed by atoms with Crippen molar-refractivity contribution in [3.05, 3.63) is 47.3 Å². The minimum atomic E-state index is -1.17. The number of carboxylic acids is 1. The van der Waals surface area contributed by atoms with Gasteiger partial charge in [0.2, 0.25) is 0 Å². The van der Waals surface area contributed by atoms with E-state index in [1.807, 2.05) is 19.1 Å². The third kappa shape index (κ3) is 3.66. The molecule has 3 unspecified atom stereocenters. The molecule has 1 aliphatic carbocycles. The first kappa shape index (κ1) is 18.6. The molecule has 0 aromatic carbocycles. The van der Waals surface area contributed by atoms with Crippen LogP contribution in [0.3, 0.4) is 0 Å². The second-order valence-electron chi connectivity index (χ2n) is 8.10. The molecule has 1 fully saturated rings. The Labute approximate surface area is 145 Å². The molecule has 3 atom stereocenters. The standard InChI is InChI=1S/C21H30O3/c1-14(12-19(22)23)8-7-9-15(2)17-13-18-20(4,5)16(3)10-11-21(18,6)24-17/h7-9,12-13,16,18H,10-11H2,1-6H3,(H,22,23)/p-1/b8-7+,14-12+,15-9+. The summed E-state index contributed by atoms with van der Waals surface area (Å²) in [5.74, 6) is 0.871. The molecule has 0 aromatic heterocycles. The lowest BCUT2D eigenvalue weighted by molar-refractivity contribution is -0.297. The predicted molar refractivity (Wildman–Crippen MR) is 94.9 cm³/mol. The molecule has 2 rings (SSSR count). The van der Waals surface area contributed by atoms with E-state index in [0.29, 0.717) is 17.4 Å². The Hall–Kier alpha value is -1.77. The molecule has 24 heavy (non-hydrogen) atoms. The molecule has 0 saturated heterocycles. The summed E-state index contributed by atoms with van der Waals surface area (Å²) in [7, 11) is 0. The lowest BCUT2D eigenvalue weighted by atomic mass is 9.58. The Morgan fingerprint density at radius 2 is 2.00 bits per heavy atom. The van der Waals surface area contributed by atoms with E-state index in [2.05, 4.69) is 33.8 Å². The number of allylic oxidation sites excluding steroid dienone is 5. The second-order valence-corrected chi connectivity index (χ2v) is 8.10. The van der Waals surface area contributed by atoms with Crippen LogP contribution >= 0.6 is 0 Å². The van der Waals surface area contributed by atoms with Gasteiger partial charge >= 0.3 is 0 Å². The van der Waals surface area contributed by atoms with Gasteiger partial charge in [-0.3, -0.25) is 0 Å². The van der Waals surface area contributed by atoms with Crippen LogP contribution < -0.4 is 5.11 Å². The zero-order valence-electron chi connectivity index (χ0n) is 15.7. The monoisotopic (exact) mass is 329 g/mol. The average Bonchev–Trinajstić information content (AvgIpc) is 2.82. The summed E-state index contributed by atoms with van der Waals surface area (Å²) in [5, 5.41) is 10.5. The van der Waals surface area contributed by atoms with E-state index >= 15 is 0 Å². The third-order valence-electron chi connectivity index (χ3n) is 5.90. The van der Waals surface area contributed by atoms with Crippen LogP contribution in [0, 0.1) is 17.3 Å². The van der Waals surface area contributed by atoms with Crippen molar-refractivity contribution in [3.8, 4) is 0 Å². The fourth-order valence-electron chi connectivity index (χ4n) is 3.94. The molecule has 0 amide bonds. The van der Waals surface area contributed by atoms with Gasteiger partial charge in [-0.25, -0.2) is 0 Å². The van der Waals surface area contributed by atoms with Gasteiger partial charge in [0.15, 0.2) is 0 Å². The lowest BCUT2D eigenvalue weighted by Crippen LogP contribution is -2.48. The van der Waals surface area contributed by atoms with Gasteiger partial charge in [-0.05, 0) is 68.2 Å². The van der Waals surface area contributed by atoms with Gasteiger partial charge in [0.05, 0.1) is 5.97 Å². The predicted octanol–water partition coefficient (Wildman–Crippen LogP) is 3.93. The molecule has 0 radical (unpaired) electrons. The molecule has 3 nitrogen and oxygen atoms in total. The highest BCUT2D eigenvalue weighted by atomic mass is 16.5. The van der Waals surface area contributed by atoms with Crippen molar-refractivity contribution in [2.24, 2.45) is 17.3 Å². The molecule has 0 aromatic rings. The van der Waals surface area contributed by atoms with Crippen molar-refractivity contribution >= 4 is 5.97 Å². The molecule has 132 valence electrons. The summed E-state index contributed by atoms with van der Waals surface area (Å²) in [6, 6.07) is 0. The molecule has 2 aliphatic rings. The lowest BCUT2D eigenvalue weighted by Gasteiger charge is -2.49. The summed E-state index contributed by atoms with van der Waals surface area (Å²) in [5.41, 5.74) is 1.82. The quantitative estimate of drug-likeness (QED) is 0.580. The van der Waals surface area contributed by atoms with E-state index in [4.69, 9.17) is 4.74 Å².